The average molecular weight is 377 g/mol. The lowest BCUT2D eigenvalue weighted by atomic mass is 10.0. The van der Waals surface area contributed by atoms with Gasteiger partial charge in [-0.05, 0) is 17.7 Å². The van der Waals surface area contributed by atoms with E-state index in [0.29, 0.717) is 0 Å². The van der Waals surface area contributed by atoms with Crippen LogP contribution in [0.1, 0.15) is 10.4 Å². The van der Waals surface area contributed by atoms with Crippen molar-refractivity contribution in [2.24, 2.45) is 0 Å². The van der Waals surface area contributed by atoms with E-state index >= 15 is 0 Å². The Morgan fingerprint density at radius 2 is 1.70 bits per heavy atom. The van der Waals surface area contributed by atoms with Crippen molar-refractivity contribution in [2.75, 3.05) is 6.26 Å². The van der Waals surface area contributed by atoms with Crippen molar-refractivity contribution < 1.29 is 14.1 Å². The van der Waals surface area contributed by atoms with E-state index in [4.69, 9.17) is 0 Å². The summed E-state index contributed by atoms with van der Waals surface area (Å²) in [6, 6.07) is 17.0. The van der Waals surface area contributed by atoms with E-state index in [1.54, 1.807) is 17.0 Å². The van der Waals surface area contributed by atoms with Crippen LogP contribution in [0.15, 0.2) is 71.9 Å². The van der Waals surface area contributed by atoms with Crippen LogP contribution in [0.2, 0.25) is 0 Å². The summed E-state index contributed by atoms with van der Waals surface area (Å²) >= 11 is 0. The first-order valence-corrected chi connectivity index (χ1v) is 9.71. The van der Waals surface area contributed by atoms with Gasteiger partial charge in [0.25, 0.3) is 0 Å². The number of benzene rings is 2. The van der Waals surface area contributed by atoms with Gasteiger partial charge in [0, 0.05) is 39.3 Å². The Balaban J connectivity index is 2.00. The van der Waals surface area contributed by atoms with E-state index in [9.17, 15) is 14.1 Å². The number of fused-ring (bicyclic) bond motifs is 1. The minimum atomic E-state index is -1.07. The lowest BCUT2D eigenvalue weighted by molar-refractivity contribution is 0.0698. The molecule has 2 aromatic carbocycles. The second-order valence-electron chi connectivity index (χ2n) is 5.96. The first-order chi connectivity index (χ1) is 13.1. The molecule has 2 aromatic heterocycles. The number of hydrogen-bond donors (Lipinski definition) is 1. The smallest absolute Gasteiger partial charge is 0.341 e. The topological polar surface area (TPSA) is 84.6 Å². The zero-order chi connectivity index (χ0) is 19.0. The Bertz CT molecular complexity index is 1170. The number of rotatable bonds is 4. The van der Waals surface area contributed by atoms with Crippen molar-refractivity contribution in [1.29, 1.82) is 0 Å². The molecule has 0 aliphatic carbocycles. The number of carboxylic acids is 1. The number of carboxylic acid groups (broad SMARTS) is 1. The Labute approximate surface area is 157 Å². The van der Waals surface area contributed by atoms with Crippen molar-refractivity contribution >= 4 is 22.4 Å². The van der Waals surface area contributed by atoms with Crippen LogP contribution in [0.5, 0.6) is 0 Å². The van der Waals surface area contributed by atoms with Gasteiger partial charge in [0.1, 0.15) is 5.56 Å². The summed E-state index contributed by atoms with van der Waals surface area (Å²) < 4.78 is 13.2. The summed E-state index contributed by atoms with van der Waals surface area (Å²) in [5, 5.41) is 13.7. The van der Waals surface area contributed by atoms with Gasteiger partial charge in [-0.15, -0.1) is 0 Å². The van der Waals surface area contributed by atoms with Crippen LogP contribution in [-0.4, -0.2) is 36.1 Å². The third-order valence-corrected chi connectivity index (χ3v) is 5.24. The summed E-state index contributed by atoms with van der Waals surface area (Å²) in [5.41, 5.74) is 3.67. The van der Waals surface area contributed by atoms with Gasteiger partial charge in [-0.3, -0.25) is 4.21 Å². The molecule has 27 heavy (non-hydrogen) atoms. The van der Waals surface area contributed by atoms with Gasteiger partial charge in [-0.1, -0.05) is 42.5 Å². The van der Waals surface area contributed by atoms with Crippen molar-refractivity contribution in [3.05, 3.63) is 72.6 Å². The largest absolute Gasteiger partial charge is 0.477 e. The number of aromatic carboxylic acids is 1. The van der Waals surface area contributed by atoms with Crippen LogP contribution < -0.4 is 0 Å². The molecular formula is C20H15N3O3S. The summed E-state index contributed by atoms with van der Waals surface area (Å²) in [5.74, 6) is -1.07. The van der Waals surface area contributed by atoms with Crippen LogP contribution >= 0.6 is 0 Å². The highest BCUT2D eigenvalue weighted by Gasteiger charge is 2.19. The van der Waals surface area contributed by atoms with Gasteiger partial charge in [-0.25, -0.2) is 14.3 Å². The Hall–Kier alpha value is -3.32. The maximum atomic E-state index is 11.7. The van der Waals surface area contributed by atoms with E-state index in [-0.39, 0.29) is 11.2 Å². The Morgan fingerprint density at radius 1 is 1.00 bits per heavy atom. The molecule has 0 bridgehead atoms. The zero-order valence-corrected chi connectivity index (χ0v) is 15.2. The maximum Gasteiger partial charge on any atom is 0.341 e. The minimum absolute atomic E-state index is 0.0514. The molecule has 0 radical (unpaired) electrons. The lowest BCUT2D eigenvalue weighted by Crippen LogP contribution is -2.02. The van der Waals surface area contributed by atoms with E-state index in [1.165, 1.54) is 6.20 Å². The molecule has 0 spiro atoms. The summed E-state index contributed by atoms with van der Waals surface area (Å²) in [4.78, 5) is 16.5. The Morgan fingerprint density at radius 3 is 2.33 bits per heavy atom. The summed E-state index contributed by atoms with van der Waals surface area (Å²) in [6.45, 7) is 0. The molecule has 1 N–H and O–H groups in total. The molecule has 4 rings (SSSR count). The van der Waals surface area contributed by atoms with Crippen LogP contribution in [0, 0.1) is 0 Å². The van der Waals surface area contributed by atoms with Crippen LogP contribution in [0.25, 0.3) is 28.0 Å². The standard InChI is InChI=1S/C20H15N3O3S/c1-27(26)15-9-7-13(8-10-15)16-11-21-19-17(20(24)25)12-22-23(19)18(16)14-5-3-2-4-6-14/h2-12H,1H3,(H,24,25). The predicted octanol–water partition coefficient (Wildman–Crippen LogP) is 3.50. The van der Waals surface area contributed by atoms with Gasteiger partial charge < -0.3 is 5.11 Å². The fraction of sp³-hybridized carbons (Fsp3) is 0.0500. The van der Waals surface area contributed by atoms with Crippen molar-refractivity contribution in [3.63, 3.8) is 0 Å². The van der Waals surface area contributed by atoms with Crippen LogP contribution in [0.4, 0.5) is 0 Å². The Kier molecular flexibility index (Phi) is 4.29. The van der Waals surface area contributed by atoms with E-state index < -0.39 is 16.8 Å². The fourth-order valence-electron chi connectivity index (χ4n) is 2.99. The molecule has 1 unspecified atom stereocenters. The summed E-state index contributed by atoms with van der Waals surface area (Å²) in [7, 11) is -1.06. The number of carbonyl (C=O) groups is 1. The molecule has 0 fully saturated rings. The first-order valence-electron chi connectivity index (χ1n) is 8.15. The minimum Gasteiger partial charge on any atom is -0.477 e. The molecular weight excluding hydrogens is 362 g/mol. The van der Waals surface area contributed by atoms with Crippen molar-refractivity contribution in [2.45, 2.75) is 4.90 Å². The molecule has 0 aliphatic rings. The van der Waals surface area contributed by atoms with E-state index in [0.717, 1.165) is 27.3 Å². The molecule has 4 aromatic rings. The number of nitrogens with zero attached hydrogens (tertiary/aromatic N) is 3. The molecule has 0 amide bonds. The monoisotopic (exact) mass is 377 g/mol. The van der Waals surface area contributed by atoms with Crippen LogP contribution in [0.3, 0.4) is 0 Å². The van der Waals surface area contributed by atoms with Gasteiger partial charge >= 0.3 is 5.97 Å². The molecule has 0 saturated carbocycles. The zero-order valence-electron chi connectivity index (χ0n) is 14.4. The lowest BCUT2D eigenvalue weighted by Gasteiger charge is -2.12. The SMILES string of the molecule is CS(=O)c1ccc(-c2cnc3c(C(=O)O)cnn3c2-c2ccccc2)cc1. The van der Waals surface area contributed by atoms with Gasteiger partial charge in [0.2, 0.25) is 0 Å². The molecule has 2 heterocycles. The number of aromatic nitrogens is 3. The predicted molar refractivity (Wildman–Crippen MR) is 103 cm³/mol. The van der Waals surface area contributed by atoms with Crippen LogP contribution in [-0.2, 0) is 10.8 Å². The third-order valence-electron chi connectivity index (χ3n) is 4.30. The quantitative estimate of drug-likeness (QED) is 0.588. The molecule has 0 saturated heterocycles. The summed E-state index contributed by atoms with van der Waals surface area (Å²) in [6.07, 6.45) is 4.60. The highest BCUT2D eigenvalue weighted by Crippen LogP contribution is 2.32. The first kappa shape index (κ1) is 17.1. The molecule has 134 valence electrons. The fourth-order valence-corrected chi connectivity index (χ4v) is 3.51. The third kappa shape index (κ3) is 3.02. The highest BCUT2D eigenvalue weighted by atomic mass is 32.2. The van der Waals surface area contributed by atoms with E-state index in [2.05, 4.69) is 10.1 Å². The second kappa shape index (κ2) is 6.77. The van der Waals surface area contributed by atoms with Gasteiger partial charge in [0.05, 0.1) is 11.9 Å². The number of hydrogen-bond acceptors (Lipinski definition) is 4. The van der Waals surface area contributed by atoms with Gasteiger partial charge in [-0.2, -0.15) is 5.10 Å². The van der Waals surface area contributed by atoms with Crippen molar-refractivity contribution in [3.8, 4) is 22.4 Å². The van der Waals surface area contributed by atoms with E-state index in [1.807, 2.05) is 54.6 Å². The highest BCUT2D eigenvalue weighted by molar-refractivity contribution is 7.84. The molecule has 1 atom stereocenters. The molecule has 7 heteroatoms. The van der Waals surface area contributed by atoms with Gasteiger partial charge in [0.15, 0.2) is 5.65 Å². The van der Waals surface area contributed by atoms with Crippen molar-refractivity contribution in [1.82, 2.24) is 14.6 Å². The second-order valence-corrected chi connectivity index (χ2v) is 7.34. The molecule has 0 aliphatic heterocycles. The average Bonchev–Trinajstić information content (AvgIpc) is 3.12. The molecule has 6 nitrogen and oxygen atoms in total. The normalized spacial score (nSPS) is 12.2. The maximum absolute atomic E-state index is 11.7.